The summed E-state index contributed by atoms with van der Waals surface area (Å²) in [6, 6.07) is 12.5. The summed E-state index contributed by atoms with van der Waals surface area (Å²) in [5.41, 5.74) is 1.63. The normalized spacial score (nSPS) is 18.1. The number of hydrogen-bond donors (Lipinski definition) is 0. The maximum absolute atomic E-state index is 13.1. The molecule has 6 nitrogen and oxygen atoms in total. The van der Waals surface area contributed by atoms with Crippen molar-refractivity contribution < 1.29 is 9.21 Å². The summed E-state index contributed by atoms with van der Waals surface area (Å²) in [5, 5.41) is 9.69. The van der Waals surface area contributed by atoms with Crippen LogP contribution in [0.5, 0.6) is 0 Å². The summed E-state index contributed by atoms with van der Waals surface area (Å²) in [6.07, 6.45) is 6.97. The van der Waals surface area contributed by atoms with E-state index in [2.05, 4.69) is 15.2 Å². The third kappa shape index (κ3) is 4.92. The van der Waals surface area contributed by atoms with Crippen molar-refractivity contribution in [2.45, 2.75) is 18.2 Å². The number of pyridine rings is 1. The Balaban J connectivity index is 1.57. The van der Waals surface area contributed by atoms with E-state index >= 15 is 0 Å². The highest BCUT2D eigenvalue weighted by Crippen LogP contribution is 2.33. The summed E-state index contributed by atoms with van der Waals surface area (Å²) < 4.78 is 5.41. The number of furan rings is 1. The SMILES string of the molecule is O=C1[C@@H](Cc2cc(Cl)ccc2Cl)S/C(=N\N=C/c2cccnc2)N1Cc1ccco1. The molecule has 2 aromatic heterocycles. The van der Waals surface area contributed by atoms with Crippen molar-refractivity contribution in [2.24, 2.45) is 10.2 Å². The van der Waals surface area contributed by atoms with Crippen LogP contribution in [-0.4, -0.2) is 32.4 Å². The molecule has 0 radical (unpaired) electrons. The van der Waals surface area contributed by atoms with Gasteiger partial charge in [0, 0.05) is 28.0 Å². The van der Waals surface area contributed by atoms with Crippen molar-refractivity contribution in [3.8, 4) is 0 Å². The van der Waals surface area contributed by atoms with Crippen molar-refractivity contribution in [3.63, 3.8) is 0 Å². The van der Waals surface area contributed by atoms with Gasteiger partial charge < -0.3 is 4.42 Å². The highest BCUT2D eigenvalue weighted by atomic mass is 35.5. The molecule has 1 atom stereocenters. The van der Waals surface area contributed by atoms with E-state index in [-0.39, 0.29) is 17.7 Å². The van der Waals surface area contributed by atoms with Crippen LogP contribution >= 0.6 is 35.0 Å². The molecule has 1 aliphatic rings. The van der Waals surface area contributed by atoms with Crippen LogP contribution in [0.3, 0.4) is 0 Å². The predicted molar refractivity (Wildman–Crippen MR) is 120 cm³/mol. The van der Waals surface area contributed by atoms with E-state index in [1.807, 2.05) is 18.2 Å². The Kier molecular flexibility index (Phi) is 6.52. The van der Waals surface area contributed by atoms with Gasteiger partial charge in [-0.3, -0.25) is 14.7 Å². The first kappa shape index (κ1) is 20.7. The molecular formula is C21H16Cl2N4O2S. The van der Waals surface area contributed by atoms with Crippen LogP contribution in [0.4, 0.5) is 0 Å². The molecule has 1 aliphatic heterocycles. The average Bonchev–Trinajstić information content (AvgIpc) is 3.36. The van der Waals surface area contributed by atoms with Crippen molar-refractivity contribution in [1.82, 2.24) is 9.88 Å². The largest absolute Gasteiger partial charge is 0.467 e. The third-order valence-electron chi connectivity index (χ3n) is 4.36. The number of benzene rings is 1. The Hall–Kier alpha value is -2.61. The molecule has 9 heteroatoms. The molecule has 1 fully saturated rings. The lowest BCUT2D eigenvalue weighted by Crippen LogP contribution is -2.32. The maximum Gasteiger partial charge on any atom is 0.242 e. The molecule has 30 heavy (non-hydrogen) atoms. The van der Waals surface area contributed by atoms with E-state index in [1.54, 1.807) is 54.0 Å². The van der Waals surface area contributed by atoms with Crippen LogP contribution in [0.1, 0.15) is 16.9 Å². The molecule has 1 aromatic carbocycles. The number of amides is 1. The lowest BCUT2D eigenvalue weighted by atomic mass is 10.1. The molecule has 1 amide bonds. The minimum atomic E-state index is -0.386. The highest BCUT2D eigenvalue weighted by molar-refractivity contribution is 8.15. The standard InChI is InChI=1S/C21H16Cl2N4O2S/c22-16-5-6-18(23)15(9-16)10-19-20(28)27(13-17-4-2-8-29-17)21(30-19)26-25-12-14-3-1-7-24-11-14/h1-9,11-12,19H,10,13H2/b25-12-,26-21-/t19-/m1/s1. The molecule has 4 rings (SSSR count). The number of amidine groups is 1. The number of aromatic nitrogens is 1. The summed E-state index contributed by atoms with van der Waals surface area (Å²) >= 11 is 13.7. The Bertz CT molecular complexity index is 1090. The fourth-order valence-corrected chi connectivity index (χ4v) is 4.43. The van der Waals surface area contributed by atoms with Gasteiger partial charge in [0.25, 0.3) is 0 Å². The first-order valence-corrected chi connectivity index (χ1v) is 10.7. The molecule has 0 bridgehead atoms. The van der Waals surface area contributed by atoms with Crippen LogP contribution in [0, 0.1) is 0 Å². The second-order valence-corrected chi connectivity index (χ2v) is 8.48. The van der Waals surface area contributed by atoms with Crippen LogP contribution in [0.25, 0.3) is 0 Å². The molecule has 0 N–H and O–H groups in total. The number of carbonyl (C=O) groups excluding carboxylic acids is 1. The highest BCUT2D eigenvalue weighted by Gasteiger charge is 2.39. The maximum atomic E-state index is 13.1. The zero-order valence-corrected chi connectivity index (χ0v) is 17.9. The molecule has 0 unspecified atom stereocenters. The van der Waals surface area contributed by atoms with Crippen molar-refractivity contribution in [2.75, 3.05) is 0 Å². The monoisotopic (exact) mass is 458 g/mol. The Morgan fingerprint density at radius 3 is 2.90 bits per heavy atom. The van der Waals surface area contributed by atoms with Crippen molar-refractivity contribution in [1.29, 1.82) is 0 Å². The van der Waals surface area contributed by atoms with Gasteiger partial charge in [0.05, 0.1) is 24.3 Å². The van der Waals surface area contributed by atoms with E-state index in [9.17, 15) is 4.79 Å². The smallest absolute Gasteiger partial charge is 0.242 e. The molecular weight excluding hydrogens is 443 g/mol. The second-order valence-electron chi connectivity index (χ2n) is 6.46. The average molecular weight is 459 g/mol. The topological polar surface area (TPSA) is 71.1 Å². The number of nitrogens with zero attached hydrogens (tertiary/aromatic N) is 4. The van der Waals surface area contributed by atoms with Gasteiger partial charge >= 0.3 is 0 Å². The Morgan fingerprint density at radius 1 is 1.23 bits per heavy atom. The van der Waals surface area contributed by atoms with Gasteiger partial charge in [0.2, 0.25) is 5.91 Å². The molecule has 0 spiro atoms. The van der Waals surface area contributed by atoms with E-state index in [4.69, 9.17) is 27.6 Å². The van der Waals surface area contributed by atoms with Gasteiger partial charge in [-0.1, -0.05) is 41.0 Å². The minimum absolute atomic E-state index is 0.0808. The minimum Gasteiger partial charge on any atom is -0.467 e. The van der Waals surface area contributed by atoms with E-state index in [0.717, 1.165) is 11.1 Å². The zero-order valence-electron chi connectivity index (χ0n) is 15.6. The van der Waals surface area contributed by atoms with Crippen LogP contribution in [-0.2, 0) is 17.8 Å². The van der Waals surface area contributed by atoms with Gasteiger partial charge in [-0.15, -0.1) is 5.10 Å². The number of carbonyl (C=O) groups is 1. The van der Waals surface area contributed by atoms with Crippen molar-refractivity contribution >= 4 is 52.3 Å². The molecule has 1 saturated heterocycles. The third-order valence-corrected chi connectivity index (χ3v) is 6.13. The summed E-state index contributed by atoms with van der Waals surface area (Å²) in [5.74, 6) is 0.581. The number of thioether (sulfide) groups is 1. The number of hydrogen-bond acceptors (Lipinski definition) is 6. The summed E-state index contributed by atoms with van der Waals surface area (Å²) in [6.45, 7) is 0.278. The molecule has 3 aromatic rings. The Morgan fingerprint density at radius 2 is 2.13 bits per heavy atom. The van der Waals surface area contributed by atoms with Gasteiger partial charge in [-0.2, -0.15) is 5.10 Å². The summed E-state index contributed by atoms with van der Waals surface area (Å²) in [4.78, 5) is 18.7. The second kappa shape index (κ2) is 9.47. The first-order chi connectivity index (χ1) is 14.6. The van der Waals surface area contributed by atoms with Gasteiger partial charge in [-0.25, -0.2) is 0 Å². The van der Waals surface area contributed by atoms with Gasteiger partial charge in [-0.05, 0) is 48.4 Å². The molecule has 0 aliphatic carbocycles. The zero-order chi connectivity index (χ0) is 20.9. The van der Waals surface area contributed by atoms with Crippen molar-refractivity contribution in [3.05, 3.63) is 88.1 Å². The van der Waals surface area contributed by atoms with E-state index in [0.29, 0.717) is 27.4 Å². The quantitative estimate of drug-likeness (QED) is 0.382. The van der Waals surface area contributed by atoms with Crippen LogP contribution in [0.15, 0.2) is 75.7 Å². The predicted octanol–water partition coefficient (Wildman–Crippen LogP) is 5.06. The molecule has 0 saturated carbocycles. The number of halogens is 2. The van der Waals surface area contributed by atoms with Gasteiger partial charge in [0.1, 0.15) is 5.76 Å². The van der Waals surface area contributed by atoms with Gasteiger partial charge in [0.15, 0.2) is 5.17 Å². The lowest BCUT2D eigenvalue weighted by molar-refractivity contribution is -0.126. The molecule has 3 heterocycles. The van der Waals surface area contributed by atoms with E-state index < -0.39 is 0 Å². The summed E-state index contributed by atoms with van der Waals surface area (Å²) in [7, 11) is 0. The molecule has 152 valence electrons. The fourth-order valence-electron chi connectivity index (χ4n) is 2.92. The Labute approximate surface area is 187 Å². The first-order valence-electron chi connectivity index (χ1n) is 9.05. The fraction of sp³-hybridized carbons (Fsp3) is 0.143. The van der Waals surface area contributed by atoms with Crippen LogP contribution < -0.4 is 0 Å². The number of rotatable bonds is 6. The lowest BCUT2D eigenvalue weighted by Gasteiger charge is -2.14. The van der Waals surface area contributed by atoms with Crippen LogP contribution in [0.2, 0.25) is 10.0 Å². The van der Waals surface area contributed by atoms with E-state index in [1.165, 1.54) is 11.8 Å².